The number of aromatic nitrogens is 4. The lowest BCUT2D eigenvalue weighted by Gasteiger charge is -2.42. The van der Waals surface area contributed by atoms with Crippen molar-refractivity contribution in [3.63, 3.8) is 0 Å². The van der Waals surface area contributed by atoms with Crippen LogP contribution >= 0.6 is 11.8 Å². The zero-order valence-electron chi connectivity index (χ0n) is 16.5. The Balaban J connectivity index is 1.36. The number of thioether (sulfide) groups is 1. The quantitative estimate of drug-likeness (QED) is 0.586. The van der Waals surface area contributed by atoms with E-state index >= 15 is 0 Å². The van der Waals surface area contributed by atoms with Crippen molar-refractivity contribution in [2.24, 2.45) is 24.8 Å². The van der Waals surface area contributed by atoms with Crippen molar-refractivity contribution < 1.29 is 19.8 Å². The summed E-state index contributed by atoms with van der Waals surface area (Å²) in [6, 6.07) is -0.930. The molecule has 0 aromatic carbocycles. The highest BCUT2D eigenvalue weighted by Crippen LogP contribution is 2.40. The molecule has 1 aromatic heterocycles. The Labute approximate surface area is 173 Å². The molecule has 0 amide bonds. The Kier molecular flexibility index (Phi) is 6.07. The number of tetrazole rings is 1. The van der Waals surface area contributed by atoms with Crippen LogP contribution in [-0.2, 0) is 16.6 Å². The van der Waals surface area contributed by atoms with Gasteiger partial charge >= 0.3 is 11.9 Å². The van der Waals surface area contributed by atoms with Crippen molar-refractivity contribution >= 4 is 23.7 Å². The first-order chi connectivity index (χ1) is 13.9. The first-order valence-corrected chi connectivity index (χ1v) is 11.1. The predicted octanol–water partition coefficient (Wildman–Crippen LogP) is 0.309. The molecule has 11 heteroatoms. The summed E-state index contributed by atoms with van der Waals surface area (Å²) in [5, 5.41) is 34.5. The second kappa shape index (κ2) is 8.57. The van der Waals surface area contributed by atoms with Crippen LogP contribution in [0, 0.1) is 17.8 Å². The van der Waals surface area contributed by atoms with Crippen LogP contribution in [0.15, 0.2) is 5.16 Å². The maximum Gasteiger partial charge on any atom is 0.320 e. The van der Waals surface area contributed by atoms with E-state index in [4.69, 9.17) is 0 Å². The standard InChI is InChI=1S/C18H28N6O4S/c1-23-18(20-21-22-23)29-13-6-15(17(27)28)24(9-13)8-10-2-3-11-7-19-14(16(25)26)5-12(11)4-10/h10-15,19H,2-9H2,1H3,(H,25,26)(H,27,28)/t10?,11?,12?,13-,14?,15-/m0/s1. The van der Waals surface area contributed by atoms with E-state index < -0.39 is 24.0 Å². The van der Waals surface area contributed by atoms with E-state index in [1.165, 1.54) is 0 Å². The normalized spacial score (nSPS) is 35.3. The van der Waals surface area contributed by atoms with E-state index in [0.29, 0.717) is 42.3 Å². The molecule has 10 nitrogen and oxygen atoms in total. The molecule has 4 unspecified atom stereocenters. The number of piperidine rings is 1. The summed E-state index contributed by atoms with van der Waals surface area (Å²) in [5.74, 6) is -0.162. The van der Waals surface area contributed by atoms with Crippen LogP contribution < -0.4 is 5.32 Å². The van der Waals surface area contributed by atoms with Gasteiger partial charge in [0, 0.05) is 25.4 Å². The molecule has 2 aliphatic heterocycles. The van der Waals surface area contributed by atoms with Gasteiger partial charge in [0.25, 0.3) is 0 Å². The number of likely N-dealkylation sites (tertiary alicyclic amines) is 1. The van der Waals surface area contributed by atoms with Gasteiger partial charge in [-0.2, -0.15) is 0 Å². The van der Waals surface area contributed by atoms with Crippen molar-refractivity contribution in [2.75, 3.05) is 19.6 Å². The molecule has 3 heterocycles. The maximum absolute atomic E-state index is 11.8. The molecule has 1 saturated carbocycles. The number of nitrogens with zero attached hydrogens (tertiary/aromatic N) is 5. The fraction of sp³-hybridized carbons (Fsp3) is 0.833. The third kappa shape index (κ3) is 4.56. The van der Waals surface area contributed by atoms with Gasteiger partial charge in [0.05, 0.1) is 0 Å². The van der Waals surface area contributed by atoms with Crippen LogP contribution in [0.5, 0.6) is 0 Å². The third-order valence-electron chi connectivity index (χ3n) is 6.71. The summed E-state index contributed by atoms with van der Waals surface area (Å²) >= 11 is 1.54. The van der Waals surface area contributed by atoms with Crippen molar-refractivity contribution in [2.45, 2.75) is 54.6 Å². The zero-order chi connectivity index (χ0) is 20.5. The molecule has 6 atom stereocenters. The smallest absolute Gasteiger partial charge is 0.320 e. The summed E-state index contributed by atoms with van der Waals surface area (Å²) < 4.78 is 1.61. The zero-order valence-corrected chi connectivity index (χ0v) is 17.3. The van der Waals surface area contributed by atoms with Crippen LogP contribution in [-0.4, -0.2) is 84.2 Å². The Morgan fingerprint density at radius 2 is 2.00 bits per heavy atom. The molecule has 1 aromatic rings. The van der Waals surface area contributed by atoms with E-state index in [0.717, 1.165) is 32.4 Å². The molecule has 0 radical (unpaired) electrons. The molecular weight excluding hydrogens is 396 g/mol. The van der Waals surface area contributed by atoms with E-state index in [9.17, 15) is 19.8 Å². The summed E-state index contributed by atoms with van der Waals surface area (Å²) in [6.45, 7) is 2.25. The summed E-state index contributed by atoms with van der Waals surface area (Å²) in [5.41, 5.74) is 0. The van der Waals surface area contributed by atoms with Crippen LogP contribution in [0.2, 0.25) is 0 Å². The Hall–Kier alpha value is -1.72. The van der Waals surface area contributed by atoms with Gasteiger partial charge in [0.1, 0.15) is 12.1 Å². The van der Waals surface area contributed by atoms with Crippen LogP contribution in [0.3, 0.4) is 0 Å². The molecule has 1 aliphatic carbocycles. The molecule has 0 spiro atoms. The third-order valence-corrected chi connectivity index (χ3v) is 7.94. The number of rotatable bonds is 6. The minimum absolute atomic E-state index is 0.146. The van der Waals surface area contributed by atoms with Gasteiger partial charge in [0.2, 0.25) is 5.16 Å². The van der Waals surface area contributed by atoms with Crippen LogP contribution in [0.4, 0.5) is 0 Å². The highest BCUT2D eigenvalue weighted by molar-refractivity contribution is 7.99. The number of carbonyl (C=O) groups is 2. The number of carboxylic acid groups (broad SMARTS) is 2. The summed E-state index contributed by atoms with van der Waals surface area (Å²) in [6.07, 6.45) is 4.41. The molecule has 3 aliphatic rings. The molecule has 2 saturated heterocycles. The van der Waals surface area contributed by atoms with E-state index in [1.54, 1.807) is 23.5 Å². The molecule has 160 valence electrons. The molecular formula is C18H28N6O4S. The molecule has 4 rings (SSSR count). The highest BCUT2D eigenvalue weighted by atomic mass is 32.2. The van der Waals surface area contributed by atoms with E-state index in [1.807, 2.05) is 0 Å². The first-order valence-electron chi connectivity index (χ1n) is 10.2. The number of aliphatic carboxylic acids is 2. The Morgan fingerprint density at radius 3 is 2.69 bits per heavy atom. The van der Waals surface area contributed by atoms with Crippen LogP contribution in [0.25, 0.3) is 0 Å². The Bertz CT molecular complexity index is 760. The van der Waals surface area contributed by atoms with E-state index in [-0.39, 0.29) is 5.25 Å². The number of hydrogen-bond acceptors (Lipinski definition) is 8. The monoisotopic (exact) mass is 424 g/mol. The maximum atomic E-state index is 11.8. The number of fused-ring (bicyclic) bond motifs is 1. The lowest BCUT2D eigenvalue weighted by atomic mass is 9.69. The Morgan fingerprint density at radius 1 is 1.17 bits per heavy atom. The molecule has 3 fully saturated rings. The molecule has 29 heavy (non-hydrogen) atoms. The van der Waals surface area contributed by atoms with Crippen LogP contribution in [0.1, 0.15) is 32.1 Å². The van der Waals surface area contributed by atoms with Gasteiger partial charge in [-0.25, -0.2) is 4.68 Å². The first kappa shape index (κ1) is 20.5. The average Bonchev–Trinajstić information content (AvgIpc) is 3.27. The lowest BCUT2D eigenvalue weighted by Crippen LogP contribution is -2.50. The van der Waals surface area contributed by atoms with E-state index in [2.05, 4.69) is 25.7 Å². The number of hydrogen-bond donors (Lipinski definition) is 3. The van der Waals surface area contributed by atoms with Gasteiger partial charge in [-0.3, -0.25) is 14.5 Å². The van der Waals surface area contributed by atoms with Gasteiger partial charge in [-0.05, 0) is 66.8 Å². The second-order valence-corrected chi connectivity index (χ2v) is 9.87. The second-order valence-electron chi connectivity index (χ2n) is 8.60. The predicted molar refractivity (Wildman–Crippen MR) is 104 cm³/mol. The van der Waals surface area contributed by atoms with Crippen molar-refractivity contribution in [3.05, 3.63) is 0 Å². The van der Waals surface area contributed by atoms with Crippen molar-refractivity contribution in [1.29, 1.82) is 0 Å². The number of carboxylic acids is 2. The van der Waals surface area contributed by atoms with Crippen molar-refractivity contribution in [3.8, 4) is 0 Å². The van der Waals surface area contributed by atoms with Gasteiger partial charge in [-0.1, -0.05) is 11.8 Å². The van der Waals surface area contributed by atoms with Crippen molar-refractivity contribution in [1.82, 2.24) is 30.4 Å². The average molecular weight is 425 g/mol. The minimum Gasteiger partial charge on any atom is -0.480 e. The fourth-order valence-corrected chi connectivity index (χ4v) is 6.34. The number of nitrogens with one attached hydrogen (secondary N) is 1. The van der Waals surface area contributed by atoms with Gasteiger partial charge < -0.3 is 15.5 Å². The topological polar surface area (TPSA) is 133 Å². The van der Waals surface area contributed by atoms with Gasteiger partial charge in [-0.15, -0.1) is 5.10 Å². The SMILES string of the molecule is Cn1nnnc1S[C@H]1C[C@@H](C(=O)O)N(CC2CCC3CNC(C(=O)O)CC3C2)C1. The number of aryl methyl sites for hydroxylation is 1. The molecule has 3 N–H and O–H groups in total. The largest absolute Gasteiger partial charge is 0.480 e. The fourth-order valence-electron chi connectivity index (χ4n) is 5.22. The lowest BCUT2D eigenvalue weighted by molar-refractivity contribution is -0.143. The summed E-state index contributed by atoms with van der Waals surface area (Å²) in [7, 11) is 1.78. The summed E-state index contributed by atoms with van der Waals surface area (Å²) in [4.78, 5) is 25.3. The minimum atomic E-state index is -0.773. The highest BCUT2D eigenvalue weighted by Gasteiger charge is 2.42. The van der Waals surface area contributed by atoms with Gasteiger partial charge in [0.15, 0.2) is 0 Å². The molecule has 0 bridgehead atoms.